The maximum Gasteiger partial charge on any atom is 0.316 e. The summed E-state index contributed by atoms with van der Waals surface area (Å²) in [5, 5.41) is 0. The van der Waals surface area contributed by atoms with Crippen molar-refractivity contribution < 1.29 is 23.7 Å². The van der Waals surface area contributed by atoms with E-state index in [0.29, 0.717) is 26.4 Å². The van der Waals surface area contributed by atoms with E-state index in [1.807, 2.05) is 60.7 Å². The highest BCUT2D eigenvalue weighted by Gasteiger charge is 2.52. The molecule has 2 aliphatic rings. The zero-order valence-corrected chi connectivity index (χ0v) is 12.6. The normalized spacial score (nSPS) is 22.3. The largest absolute Gasteiger partial charge is 0.321 e. The van der Waals surface area contributed by atoms with E-state index >= 15 is 0 Å². The quantitative estimate of drug-likeness (QED) is 0.868. The van der Waals surface area contributed by atoms with Crippen LogP contribution in [0.5, 0.6) is 0 Å². The molecule has 0 aliphatic carbocycles. The fourth-order valence-electron chi connectivity index (χ4n) is 2.82. The van der Waals surface area contributed by atoms with Crippen LogP contribution in [0.2, 0.25) is 0 Å². The Morgan fingerprint density at radius 1 is 0.565 bits per heavy atom. The molecule has 0 amide bonds. The summed E-state index contributed by atoms with van der Waals surface area (Å²) < 4.78 is 29.6. The fourth-order valence-corrected chi connectivity index (χ4v) is 2.82. The molecule has 2 aromatic rings. The second kappa shape index (κ2) is 6.03. The molecule has 0 unspecified atom stereocenters. The monoisotopic (exact) mass is 314 g/mol. The zero-order valence-electron chi connectivity index (χ0n) is 12.6. The van der Waals surface area contributed by atoms with Gasteiger partial charge in [0.25, 0.3) is 0 Å². The van der Waals surface area contributed by atoms with Crippen LogP contribution in [-0.4, -0.2) is 26.4 Å². The molecule has 23 heavy (non-hydrogen) atoms. The van der Waals surface area contributed by atoms with Gasteiger partial charge in [-0.2, -0.15) is 0 Å². The van der Waals surface area contributed by atoms with Gasteiger partial charge in [0.1, 0.15) is 0 Å². The summed E-state index contributed by atoms with van der Waals surface area (Å²) in [6.45, 7) is 1.78. The van der Waals surface area contributed by atoms with Gasteiger partial charge in [0.15, 0.2) is 0 Å². The topological polar surface area (TPSA) is 46.2 Å². The maximum absolute atomic E-state index is 6.23. The van der Waals surface area contributed by atoms with E-state index in [4.69, 9.17) is 23.7 Å². The first-order valence-electron chi connectivity index (χ1n) is 7.70. The minimum absolute atomic E-state index is 0.444. The highest BCUT2D eigenvalue weighted by Crippen LogP contribution is 2.43. The Morgan fingerprint density at radius 2 is 0.913 bits per heavy atom. The summed E-state index contributed by atoms with van der Waals surface area (Å²) >= 11 is 0. The van der Waals surface area contributed by atoms with Gasteiger partial charge in [0.05, 0.1) is 26.4 Å². The van der Waals surface area contributed by atoms with Crippen molar-refractivity contribution in [1.29, 1.82) is 0 Å². The first-order valence-corrected chi connectivity index (χ1v) is 7.70. The molecule has 2 fully saturated rings. The summed E-state index contributed by atoms with van der Waals surface area (Å²) in [6.07, 6.45) is 0. The van der Waals surface area contributed by atoms with Crippen molar-refractivity contribution in [2.24, 2.45) is 0 Å². The Kier molecular flexibility index (Phi) is 3.88. The van der Waals surface area contributed by atoms with Crippen LogP contribution in [0, 0.1) is 0 Å². The lowest BCUT2D eigenvalue weighted by Crippen LogP contribution is -2.43. The van der Waals surface area contributed by atoms with Gasteiger partial charge < -0.3 is 18.9 Å². The van der Waals surface area contributed by atoms with E-state index in [0.717, 1.165) is 11.1 Å². The van der Waals surface area contributed by atoms with Crippen LogP contribution < -0.4 is 0 Å². The minimum Gasteiger partial charge on any atom is -0.321 e. The minimum atomic E-state index is -1.33. The van der Waals surface area contributed by atoms with E-state index < -0.39 is 11.9 Å². The second-order valence-corrected chi connectivity index (χ2v) is 5.34. The Labute approximate surface area is 134 Å². The molecule has 0 N–H and O–H groups in total. The molecular weight excluding hydrogens is 296 g/mol. The van der Waals surface area contributed by atoms with Crippen molar-refractivity contribution in [3.8, 4) is 0 Å². The first kappa shape index (κ1) is 14.8. The predicted octanol–water partition coefficient (Wildman–Crippen LogP) is 2.72. The van der Waals surface area contributed by atoms with Crippen LogP contribution in [0.25, 0.3) is 0 Å². The highest BCUT2D eigenvalue weighted by atomic mass is 17.0. The van der Waals surface area contributed by atoms with Gasteiger partial charge in [-0.1, -0.05) is 60.7 Å². The number of ether oxygens (including phenoxy) is 5. The van der Waals surface area contributed by atoms with E-state index in [1.165, 1.54) is 0 Å². The molecule has 0 bridgehead atoms. The van der Waals surface area contributed by atoms with Crippen molar-refractivity contribution in [2.75, 3.05) is 26.4 Å². The first-order chi connectivity index (χ1) is 11.3. The summed E-state index contributed by atoms with van der Waals surface area (Å²) in [7, 11) is 0. The fraction of sp³-hybridized carbons (Fsp3) is 0.333. The average Bonchev–Trinajstić information content (AvgIpc) is 3.28. The number of hydrogen-bond acceptors (Lipinski definition) is 5. The van der Waals surface area contributed by atoms with Gasteiger partial charge in [0, 0.05) is 11.1 Å². The van der Waals surface area contributed by atoms with Gasteiger partial charge in [-0.25, -0.2) is 0 Å². The van der Waals surface area contributed by atoms with Crippen molar-refractivity contribution >= 4 is 0 Å². The Hall–Kier alpha value is -1.76. The number of rotatable bonds is 4. The standard InChI is InChI=1S/C18H18O5/c1-3-7-15(8-4-1)17(19-11-12-20-17)23-18(21-13-14-22-18)16-9-5-2-6-10-16/h1-10H,11-14H2. The Morgan fingerprint density at radius 3 is 1.26 bits per heavy atom. The van der Waals surface area contributed by atoms with Crippen LogP contribution in [0.4, 0.5) is 0 Å². The van der Waals surface area contributed by atoms with E-state index in [9.17, 15) is 0 Å². The van der Waals surface area contributed by atoms with Crippen molar-refractivity contribution in [3.63, 3.8) is 0 Å². The Bertz CT molecular complexity index is 573. The van der Waals surface area contributed by atoms with Crippen LogP contribution in [-0.2, 0) is 35.6 Å². The molecule has 0 atom stereocenters. The highest BCUT2D eigenvalue weighted by molar-refractivity contribution is 5.22. The summed E-state index contributed by atoms with van der Waals surface area (Å²) in [5.74, 6) is -2.66. The average molecular weight is 314 g/mol. The van der Waals surface area contributed by atoms with Crippen molar-refractivity contribution in [3.05, 3.63) is 71.8 Å². The van der Waals surface area contributed by atoms with Crippen LogP contribution in [0.3, 0.4) is 0 Å². The molecule has 0 radical (unpaired) electrons. The van der Waals surface area contributed by atoms with Crippen LogP contribution >= 0.6 is 0 Å². The molecule has 5 heteroatoms. The zero-order chi connectivity index (χ0) is 15.6. The molecule has 2 aliphatic heterocycles. The predicted molar refractivity (Wildman–Crippen MR) is 81.1 cm³/mol. The maximum atomic E-state index is 6.23. The van der Waals surface area contributed by atoms with E-state index in [1.54, 1.807) is 0 Å². The van der Waals surface area contributed by atoms with Crippen LogP contribution in [0.1, 0.15) is 11.1 Å². The Balaban J connectivity index is 1.73. The van der Waals surface area contributed by atoms with Crippen molar-refractivity contribution in [1.82, 2.24) is 0 Å². The molecule has 5 nitrogen and oxygen atoms in total. The van der Waals surface area contributed by atoms with Crippen molar-refractivity contribution in [2.45, 2.75) is 11.9 Å². The van der Waals surface area contributed by atoms with Gasteiger partial charge in [-0.15, -0.1) is 0 Å². The second-order valence-electron chi connectivity index (χ2n) is 5.34. The SMILES string of the molecule is c1ccc(C2(OC3(c4ccccc4)OCCO3)OCCO2)cc1. The van der Waals surface area contributed by atoms with Gasteiger partial charge in [0.2, 0.25) is 0 Å². The summed E-state index contributed by atoms with van der Waals surface area (Å²) in [6, 6.07) is 19.1. The smallest absolute Gasteiger partial charge is 0.316 e. The lowest BCUT2D eigenvalue weighted by molar-refractivity contribution is -0.479. The number of benzene rings is 2. The van der Waals surface area contributed by atoms with E-state index in [2.05, 4.69) is 0 Å². The number of hydrogen-bond donors (Lipinski definition) is 0. The lowest BCUT2D eigenvalue weighted by atomic mass is 10.1. The molecule has 120 valence electrons. The summed E-state index contributed by atoms with van der Waals surface area (Å²) in [5.41, 5.74) is 1.54. The molecule has 0 aromatic heterocycles. The van der Waals surface area contributed by atoms with E-state index in [-0.39, 0.29) is 0 Å². The van der Waals surface area contributed by atoms with Gasteiger partial charge in [-0.05, 0) is 0 Å². The third-order valence-corrected chi connectivity index (χ3v) is 3.86. The molecule has 0 saturated carbocycles. The molecule has 4 rings (SSSR count). The molecule has 2 heterocycles. The molecular formula is C18H18O5. The molecule has 2 saturated heterocycles. The lowest BCUT2D eigenvalue weighted by Gasteiger charge is -2.36. The third-order valence-electron chi connectivity index (χ3n) is 3.86. The van der Waals surface area contributed by atoms with Gasteiger partial charge >= 0.3 is 11.9 Å². The van der Waals surface area contributed by atoms with Crippen LogP contribution in [0.15, 0.2) is 60.7 Å². The third kappa shape index (κ3) is 2.67. The van der Waals surface area contributed by atoms with Gasteiger partial charge in [-0.3, -0.25) is 4.74 Å². The summed E-state index contributed by atoms with van der Waals surface area (Å²) in [4.78, 5) is 0. The molecule has 2 aromatic carbocycles. The molecule has 0 spiro atoms.